The van der Waals surface area contributed by atoms with Crippen molar-refractivity contribution in [2.75, 3.05) is 27.3 Å². The standard InChI is InChI=1S/2C48H62N4O10S/c2*1-28(2)60-33-15-13-31(14-16-33)43-49-39-22-34(59-8)17-20-37(39)44(50-43)61-35-23-40-41(53)26-48(46(56)51-63(57,58)36-18-19-36)25-32(48)12-10-9-11-29(3)21-30(4)38(45(55)52(40)27-35)24-42(54)62-47(5,6)7/h2*10,12-17,20,22,28-30,32,35-36,38,40H,9,11,18-19,21,23-27H2,1-8H3,(H,51,56)/b2*12-10-/t29-,30+,32+,35+,38-,40-,48+;29-,30-,32-,35-,38+,40+,48-/m01/s1. The summed E-state index contributed by atoms with van der Waals surface area (Å²) >= 11 is 0. The Labute approximate surface area is 740 Å². The van der Waals surface area contributed by atoms with Crippen LogP contribution in [0.15, 0.2) is 109 Å². The number of esters is 2. The molecule has 126 heavy (non-hydrogen) atoms. The van der Waals surface area contributed by atoms with E-state index in [9.17, 15) is 45.6 Å². The molecule has 6 heterocycles. The van der Waals surface area contributed by atoms with Crippen molar-refractivity contribution < 1.29 is 93.1 Å². The number of allylic oxidation sites excluding steroid dienone is 4. The van der Waals surface area contributed by atoms with Gasteiger partial charge in [-0.15, -0.1) is 0 Å². The van der Waals surface area contributed by atoms with E-state index < -0.39 is 112 Å². The van der Waals surface area contributed by atoms with E-state index in [0.717, 1.165) is 12.8 Å². The van der Waals surface area contributed by atoms with Crippen LogP contribution < -0.4 is 37.9 Å². The molecule has 14 atom stereocenters. The minimum absolute atomic E-state index is 0.000852. The fraction of sp³-hybridized carbons (Fsp3) is 0.583. The van der Waals surface area contributed by atoms with Gasteiger partial charge in [-0.25, -0.2) is 26.8 Å². The number of nitrogens with zero attached hydrogens (tertiary/aromatic N) is 6. The molecule has 0 radical (unpaired) electrons. The average Bonchev–Trinajstić information content (AvgIpc) is 1.57. The van der Waals surface area contributed by atoms with Crippen LogP contribution in [0.5, 0.6) is 34.8 Å². The number of methoxy groups -OCH3 is 2. The van der Waals surface area contributed by atoms with Gasteiger partial charge in [-0.2, -0.15) is 9.97 Å². The van der Waals surface area contributed by atoms with E-state index in [-0.39, 0.29) is 134 Å². The van der Waals surface area contributed by atoms with Crippen LogP contribution in [0.4, 0.5) is 0 Å². The predicted molar refractivity (Wildman–Crippen MR) is 475 cm³/mol. The van der Waals surface area contributed by atoms with Gasteiger partial charge in [-0.3, -0.25) is 47.8 Å². The lowest BCUT2D eigenvalue weighted by Crippen LogP contribution is -2.47. The first-order valence-corrected chi connectivity index (χ1v) is 47.7. The zero-order valence-electron chi connectivity index (χ0n) is 75.4. The molecule has 0 unspecified atom stereocenters. The summed E-state index contributed by atoms with van der Waals surface area (Å²) in [4.78, 5) is 137. The summed E-state index contributed by atoms with van der Waals surface area (Å²) in [6.45, 7) is 26.6. The lowest BCUT2D eigenvalue weighted by atomic mass is 9.82. The first-order chi connectivity index (χ1) is 59.5. The molecule has 6 fully saturated rings. The quantitative estimate of drug-likeness (QED) is 0.0471. The van der Waals surface area contributed by atoms with Gasteiger partial charge in [0.15, 0.2) is 23.2 Å². The number of sulfonamides is 2. The molecule has 2 N–H and O–H groups in total. The van der Waals surface area contributed by atoms with Crippen molar-refractivity contribution in [2.24, 2.45) is 58.2 Å². The number of fused-ring (bicyclic) bond motifs is 6. The van der Waals surface area contributed by atoms with Crippen LogP contribution >= 0.6 is 0 Å². The van der Waals surface area contributed by atoms with Gasteiger partial charge in [-0.05, 0) is 255 Å². The molecule has 0 spiro atoms. The molecule has 14 rings (SSSR count). The Morgan fingerprint density at radius 2 is 0.849 bits per heavy atom. The van der Waals surface area contributed by atoms with Crippen molar-refractivity contribution in [3.63, 3.8) is 0 Å². The number of carbonyl (C=O) groups excluding carboxylic acids is 8. The number of hydrogen-bond acceptors (Lipinski definition) is 24. The SMILES string of the molecule is COc1ccc2c(O[C@@H]3C[C@H]4C(=O)C[C@]5(C(=O)NS(=O)(=O)C6CC6)C[C@H]5/C=C\CC[C@@H](C)C[C@@H](C)[C@H](CC(=O)OC(C)(C)C)C(=O)N4C3)nc(-c3ccc(OC(C)C)cc3)nc2c1.COc1ccc2c(O[C@@H]3C[C@H]4C(=O)C[C@]5(C(=O)NS(=O)(=O)C6CC6)C[C@H]5/C=C\CC[C@H](C)C[C@@H](C)[C@H](CC(=O)OC(C)(C)C)C(=O)N4C3)nc(-c3ccc(OC(C)C)cc3)nc2c1. The van der Waals surface area contributed by atoms with E-state index in [2.05, 4.69) is 23.3 Å². The molecule has 2 aromatic heterocycles. The molecule has 0 bridgehead atoms. The molecule has 28 nitrogen and oxygen atoms in total. The summed E-state index contributed by atoms with van der Waals surface area (Å²) in [5.41, 5.74) is -1.60. The summed E-state index contributed by atoms with van der Waals surface area (Å²) in [6, 6.07) is 23.5. The number of carbonyl (C=O) groups is 8. The third-order valence-corrected chi connectivity index (χ3v) is 28.8. The second kappa shape index (κ2) is 38.1. The maximum atomic E-state index is 15.1. The van der Waals surface area contributed by atoms with Crippen LogP contribution in [0.2, 0.25) is 0 Å². The summed E-state index contributed by atoms with van der Waals surface area (Å²) in [5.74, 6) is -2.53. The molecule has 2 saturated heterocycles. The summed E-state index contributed by atoms with van der Waals surface area (Å²) < 4.78 is 105. The molecular weight excluding hydrogens is 1650 g/mol. The average molecular weight is 1770 g/mol. The second-order valence-electron chi connectivity index (χ2n) is 38.8. The van der Waals surface area contributed by atoms with Gasteiger partial charge in [0.25, 0.3) is 0 Å². The number of Topliss-reactive ketones (excluding diaryl/α,β-unsaturated/α-hetero) is 2. The first-order valence-electron chi connectivity index (χ1n) is 44.6. The first kappa shape index (κ1) is 93.5. The Morgan fingerprint density at radius 1 is 0.492 bits per heavy atom. The van der Waals surface area contributed by atoms with Gasteiger partial charge < -0.3 is 47.7 Å². The van der Waals surface area contributed by atoms with Gasteiger partial charge in [0.2, 0.25) is 55.4 Å². The Morgan fingerprint density at radius 3 is 1.18 bits per heavy atom. The number of ether oxygens (including phenoxy) is 8. The molecule has 8 aliphatic rings. The van der Waals surface area contributed by atoms with Gasteiger partial charge in [0.05, 0.1) is 119 Å². The number of benzene rings is 4. The predicted octanol–water partition coefficient (Wildman–Crippen LogP) is 14.8. The summed E-state index contributed by atoms with van der Waals surface area (Å²) in [5, 5.41) is -0.0566. The minimum atomic E-state index is -3.89. The fourth-order valence-electron chi connectivity index (χ4n) is 18.2. The van der Waals surface area contributed by atoms with Crippen LogP contribution in [0, 0.1) is 58.2 Å². The Kier molecular flexibility index (Phi) is 28.3. The van der Waals surface area contributed by atoms with E-state index in [0.29, 0.717) is 132 Å². The van der Waals surface area contributed by atoms with Crippen molar-refractivity contribution in [2.45, 2.75) is 271 Å². The van der Waals surface area contributed by atoms with Crippen LogP contribution in [-0.4, -0.2) is 179 Å². The number of nitrogens with one attached hydrogen (secondary N) is 2. The lowest BCUT2D eigenvalue weighted by Gasteiger charge is -2.32. The second-order valence-corrected chi connectivity index (χ2v) is 42.8. The fourth-order valence-corrected chi connectivity index (χ4v) is 20.9. The molecule has 4 amide bonds. The van der Waals surface area contributed by atoms with Gasteiger partial charge in [-0.1, -0.05) is 52.0 Å². The largest absolute Gasteiger partial charge is 0.497 e. The van der Waals surface area contributed by atoms with Gasteiger partial charge >= 0.3 is 11.9 Å². The van der Waals surface area contributed by atoms with Gasteiger partial charge in [0, 0.05) is 48.9 Å². The third-order valence-electron chi connectivity index (χ3n) is 25.2. The number of ketones is 2. The summed E-state index contributed by atoms with van der Waals surface area (Å²) in [7, 11) is -4.64. The maximum Gasteiger partial charge on any atom is 0.307 e. The Bertz CT molecular complexity index is 5040. The van der Waals surface area contributed by atoms with Crippen LogP contribution in [0.3, 0.4) is 0 Å². The van der Waals surface area contributed by atoms with Crippen molar-refractivity contribution in [1.82, 2.24) is 39.2 Å². The number of rotatable bonds is 22. The van der Waals surface area contributed by atoms with Crippen LogP contribution in [0.1, 0.15) is 213 Å². The molecule has 4 aliphatic carbocycles. The normalized spacial score (nSPS) is 27.4. The van der Waals surface area contributed by atoms with E-state index in [4.69, 9.17) is 57.8 Å². The zero-order valence-corrected chi connectivity index (χ0v) is 77.1. The minimum Gasteiger partial charge on any atom is -0.497 e. The molecule has 6 aromatic rings. The van der Waals surface area contributed by atoms with Crippen LogP contribution in [-0.2, 0) is 67.9 Å². The summed E-state index contributed by atoms with van der Waals surface area (Å²) in [6.07, 6.45) is 12.5. The number of hydrogen-bond donors (Lipinski definition) is 2. The highest BCUT2D eigenvalue weighted by Gasteiger charge is 2.64. The lowest BCUT2D eigenvalue weighted by molar-refractivity contribution is -0.160. The molecule has 680 valence electrons. The molecule has 4 aromatic carbocycles. The topological polar surface area (TPSA) is 361 Å². The zero-order chi connectivity index (χ0) is 90.9. The van der Waals surface area contributed by atoms with E-state index in [1.807, 2.05) is 114 Å². The van der Waals surface area contributed by atoms with Gasteiger partial charge in [0.1, 0.15) is 46.4 Å². The molecule has 30 heteroatoms. The number of aromatic nitrogens is 4. The molecular formula is C96H124N8O20S2. The maximum absolute atomic E-state index is 15.1. The van der Waals surface area contributed by atoms with E-state index >= 15 is 9.59 Å². The highest BCUT2D eigenvalue weighted by molar-refractivity contribution is 7.91. The monoisotopic (exact) mass is 1770 g/mol. The van der Waals surface area contributed by atoms with Crippen molar-refractivity contribution in [3.8, 4) is 57.5 Å². The highest BCUT2D eigenvalue weighted by atomic mass is 32.2. The Balaban J connectivity index is 0.000000216. The van der Waals surface area contributed by atoms with Crippen molar-refractivity contribution in [1.29, 1.82) is 0 Å². The van der Waals surface area contributed by atoms with E-state index in [1.165, 1.54) is 9.80 Å². The van der Waals surface area contributed by atoms with Crippen molar-refractivity contribution >= 4 is 89.0 Å². The Hall–Kier alpha value is -10.1. The third kappa shape index (κ3) is 22.9. The highest BCUT2D eigenvalue weighted by Crippen LogP contribution is 2.59. The van der Waals surface area contributed by atoms with Crippen molar-refractivity contribution in [3.05, 3.63) is 109 Å². The smallest absolute Gasteiger partial charge is 0.307 e. The number of amides is 4. The molecule has 4 aliphatic heterocycles. The van der Waals surface area contributed by atoms with Crippen LogP contribution in [0.25, 0.3) is 44.6 Å². The van der Waals surface area contributed by atoms with E-state index in [1.54, 1.807) is 92.2 Å². The molecule has 4 saturated carbocycles.